The van der Waals surface area contributed by atoms with Crippen molar-refractivity contribution in [3.8, 4) is 0 Å². The normalized spacial score (nSPS) is 19.3. The minimum absolute atomic E-state index is 0.157. The Morgan fingerprint density at radius 2 is 1.80 bits per heavy atom. The molecule has 81 valence electrons. The quantitative estimate of drug-likeness (QED) is 0.719. The lowest BCUT2D eigenvalue weighted by atomic mass is 9.99. The van der Waals surface area contributed by atoms with Gasteiger partial charge in [0.15, 0.2) is 0 Å². The van der Waals surface area contributed by atoms with Crippen molar-refractivity contribution in [2.75, 3.05) is 13.1 Å². The second-order valence-corrected chi connectivity index (χ2v) is 4.35. The third kappa shape index (κ3) is 3.03. The predicted molar refractivity (Wildman–Crippen MR) is 59.8 cm³/mol. The minimum Gasteiger partial charge on any atom is -0.299 e. The average molecular weight is 206 g/mol. The van der Waals surface area contributed by atoms with E-state index in [-0.39, 0.29) is 5.82 Å². The molecule has 0 aliphatic carbocycles. The Hall–Kier alpha value is -0.890. The van der Waals surface area contributed by atoms with E-state index in [2.05, 4.69) is 11.8 Å². The average Bonchev–Trinajstić information content (AvgIpc) is 2.25. The molecule has 1 aliphatic heterocycles. The van der Waals surface area contributed by atoms with E-state index >= 15 is 0 Å². The molecule has 0 atom stereocenters. The molecule has 1 heterocycles. The molecule has 0 bridgehead atoms. The summed E-state index contributed by atoms with van der Waals surface area (Å²) in [5.41, 5.74) is 1.19. The fourth-order valence-electron chi connectivity index (χ4n) is 1.99. The Labute approximate surface area is 90.9 Å². The van der Waals surface area contributed by atoms with Crippen LogP contribution in [0, 0.1) is 18.7 Å². The summed E-state index contributed by atoms with van der Waals surface area (Å²) < 4.78 is 12.7. The highest BCUT2D eigenvalue weighted by Gasteiger charge is 2.15. The first kappa shape index (κ1) is 10.6. The number of hydrogen-bond acceptors (Lipinski definition) is 1. The van der Waals surface area contributed by atoms with E-state index in [0.29, 0.717) is 5.92 Å². The Morgan fingerprint density at radius 1 is 1.20 bits per heavy atom. The molecule has 1 fully saturated rings. The SMILES string of the molecule is [CH2]C1CCN(Cc2ccc(F)cc2)CC1. The number of likely N-dealkylation sites (tertiary alicyclic amines) is 1. The van der Waals surface area contributed by atoms with Gasteiger partial charge < -0.3 is 0 Å². The summed E-state index contributed by atoms with van der Waals surface area (Å²) in [6, 6.07) is 6.80. The second kappa shape index (κ2) is 4.75. The molecule has 0 amide bonds. The van der Waals surface area contributed by atoms with Crippen LogP contribution in [0.15, 0.2) is 24.3 Å². The highest BCUT2D eigenvalue weighted by atomic mass is 19.1. The van der Waals surface area contributed by atoms with Gasteiger partial charge in [0.05, 0.1) is 0 Å². The minimum atomic E-state index is -0.157. The van der Waals surface area contributed by atoms with Gasteiger partial charge >= 0.3 is 0 Å². The van der Waals surface area contributed by atoms with Gasteiger partial charge in [0.1, 0.15) is 5.82 Å². The molecule has 1 saturated heterocycles. The highest BCUT2D eigenvalue weighted by molar-refractivity contribution is 5.15. The van der Waals surface area contributed by atoms with Gasteiger partial charge in [0.2, 0.25) is 0 Å². The fraction of sp³-hybridized carbons (Fsp3) is 0.462. The van der Waals surface area contributed by atoms with Crippen molar-refractivity contribution in [3.05, 3.63) is 42.6 Å². The largest absolute Gasteiger partial charge is 0.299 e. The van der Waals surface area contributed by atoms with E-state index in [1.54, 1.807) is 0 Å². The van der Waals surface area contributed by atoms with E-state index in [1.807, 2.05) is 12.1 Å². The molecule has 0 spiro atoms. The van der Waals surface area contributed by atoms with Crippen LogP contribution in [-0.4, -0.2) is 18.0 Å². The lowest BCUT2D eigenvalue weighted by molar-refractivity contribution is 0.195. The summed E-state index contributed by atoms with van der Waals surface area (Å²) in [6.45, 7) is 7.25. The van der Waals surface area contributed by atoms with Crippen molar-refractivity contribution in [1.29, 1.82) is 0 Å². The van der Waals surface area contributed by atoms with Gasteiger partial charge in [-0.05, 0) is 49.5 Å². The van der Waals surface area contributed by atoms with Crippen LogP contribution in [0.3, 0.4) is 0 Å². The number of piperidine rings is 1. The molecule has 1 nitrogen and oxygen atoms in total. The summed E-state index contributed by atoms with van der Waals surface area (Å²) >= 11 is 0. The lowest BCUT2D eigenvalue weighted by Crippen LogP contribution is -2.32. The molecule has 2 rings (SSSR count). The number of halogens is 1. The molecular formula is C13H17FN. The van der Waals surface area contributed by atoms with E-state index in [4.69, 9.17) is 0 Å². The van der Waals surface area contributed by atoms with Crippen LogP contribution in [-0.2, 0) is 6.54 Å². The van der Waals surface area contributed by atoms with Crippen LogP contribution in [0.4, 0.5) is 4.39 Å². The van der Waals surface area contributed by atoms with E-state index < -0.39 is 0 Å². The maximum atomic E-state index is 12.7. The van der Waals surface area contributed by atoms with Gasteiger partial charge in [0, 0.05) is 6.54 Å². The summed E-state index contributed by atoms with van der Waals surface area (Å²) in [6.07, 6.45) is 2.36. The van der Waals surface area contributed by atoms with Gasteiger partial charge in [-0.3, -0.25) is 4.90 Å². The smallest absolute Gasteiger partial charge is 0.123 e. The predicted octanol–water partition coefficient (Wildman–Crippen LogP) is 2.87. The van der Waals surface area contributed by atoms with E-state index in [9.17, 15) is 4.39 Å². The Kier molecular flexibility index (Phi) is 3.37. The van der Waals surface area contributed by atoms with E-state index in [1.165, 1.54) is 30.5 Å². The molecule has 15 heavy (non-hydrogen) atoms. The molecule has 0 unspecified atom stereocenters. The van der Waals surface area contributed by atoms with Crippen LogP contribution in [0.1, 0.15) is 18.4 Å². The van der Waals surface area contributed by atoms with Crippen LogP contribution in [0.5, 0.6) is 0 Å². The first-order valence-corrected chi connectivity index (χ1v) is 5.54. The number of benzene rings is 1. The molecule has 1 aliphatic rings. The van der Waals surface area contributed by atoms with Gasteiger partial charge in [-0.1, -0.05) is 19.1 Å². The second-order valence-electron chi connectivity index (χ2n) is 4.35. The van der Waals surface area contributed by atoms with E-state index in [0.717, 1.165) is 19.6 Å². The third-order valence-electron chi connectivity index (χ3n) is 3.03. The maximum Gasteiger partial charge on any atom is 0.123 e. The number of hydrogen-bond donors (Lipinski definition) is 0. The van der Waals surface area contributed by atoms with Crippen LogP contribution in [0.2, 0.25) is 0 Å². The zero-order chi connectivity index (χ0) is 10.7. The molecule has 1 aromatic carbocycles. The molecule has 0 N–H and O–H groups in total. The summed E-state index contributed by atoms with van der Waals surface area (Å²) in [5, 5.41) is 0. The molecule has 1 radical (unpaired) electrons. The highest BCUT2D eigenvalue weighted by Crippen LogP contribution is 2.17. The topological polar surface area (TPSA) is 3.24 Å². The van der Waals surface area contributed by atoms with Crippen LogP contribution in [0.25, 0.3) is 0 Å². The van der Waals surface area contributed by atoms with Crippen molar-refractivity contribution in [2.45, 2.75) is 19.4 Å². The van der Waals surface area contributed by atoms with Crippen molar-refractivity contribution in [2.24, 2.45) is 5.92 Å². The first-order valence-electron chi connectivity index (χ1n) is 5.54. The van der Waals surface area contributed by atoms with Crippen molar-refractivity contribution >= 4 is 0 Å². The van der Waals surface area contributed by atoms with Crippen LogP contribution < -0.4 is 0 Å². The molecule has 2 heteroatoms. The number of rotatable bonds is 2. The monoisotopic (exact) mass is 206 g/mol. The van der Waals surface area contributed by atoms with Gasteiger partial charge in [-0.2, -0.15) is 0 Å². The summed E-state index contributed by atoms with van der Waals surface area (Å²) in [5.74, 6) is 0.463. The Bertz CT molecular complexity index is 299. The summed E-state index contributed by atoms with van der Waals surface area (Å²) in [7, 11) is 0. The molecular weight excluding hydrogens is 189 g/mol. The maximum absolute atomic E-state index is 12.7. The zero-order valence-electron chi connectivity index (χ0n) is 8.95. The van der Waals surface area contributed by atoms with Gasteiger partial charge in [-0.25, -0.2) is 4.39 Å². The van der Waals surface area contributed by atoms with Crippen molar-refractivity contribution in [3.63, 3.8) is 0 Å². The first-order chi connectivity index (χ1) is 7.24. The zero-order valence-corrected chi connectivity index (χ0v) is 8.95. The number of nitrogens with zero attached hydrogens (tertiary/aromatic N) is 1. The molecule has 0 aromatic heterocycles. The lowest BCUT2D eigenvalue weighted by Gasteiger charge is -2.30. The van der Waals surface area contributed by atoms with Crippen molar-refractivity contribution in [1.82, 2.24) is 4.90 Å². The molecule has 0 saturated carbocycles. The van der Waals surface area contributed by atoms with Gasteiger partial charge in [-0.15, -0.1) is 0 Å². The van der Waals surface area contributed by atoms with Gasteiger partial charge in [0.25, 0.3) is 0 Å². The Morgan fingerprint density at radius 3 is 2.40 bits per heavy atom. The molecule has 1 aromatic rings. The third-order valence-corrected chi connectivity index (χ3v) is 3.03. The standard InChI is InChI=1S/C13H17FN/c1-11-6-8-15(9-7-11)10-12-2-4-13(14)5-3-12/h2-5,11H,1,6-10H2. The van der Waals surface area contributed by atoms with Crippen LogP contribution >= 0.6 is 0 Å². The Balaban J connectivity index is 1.89. The van der Waals surface area contributed by atoms with Crippen molar-refractivity contribution < 1.29 is 4.39 Å². The summed E-state index contributed by atoms with van der Waals surface area (Å²) in [4.78, 5) is 2.41. The fourth-order valence-corrected chi connectivity index (χ4v) is 1.99.